The van der Waals surface area contributed by atoms with Crippen molar-refractivity contribution in [2.45, 2.75) is 70.9 Å². The number of aromatic nitrogens is 4. The van der Waals surface area contributed by atoms with E-state index in [1.54, 1.807) is 53.4 Å². The van der Waals surface area contributed by atoms with Crippen molar-refractivity contribution in [1.82, 2.24) is 34.0 Å². The Hall–Kier alpha value is -3.74. The zero-order valence-electron chi connectivity index (χ0n) is 27.7. The van der Waals surface area contributed by atoms with Crippen LogP contribution in [0.2, 0.25) is 0 Å². The number of piperidine rings is 2. The highest BCUT2D eigenvalue weighted by Gasteiger charge is 2.39. The van der Waals surface area contributed by atoms with Crippen molar-refractivity contribution in [2.75, 3.05) is 40.3 Å². The summed E-state index contributed by atoms with van der Waals surface area (Å²) >= 11 is 0. The smallest absolute Gasteiger partial charge is 0.256 e. The number of likely N-dealkylation sites (tertiary alicyclic amines) is 2. The summed E-state index contributed by atoms with van der Waals surface area (Å²) in [7, 11) is -0.723. The summed E-state index contributed by atoms with van der Waals surface area (Å²) in [4.78, 5) is 34.3. The minimum atomic E-state index is -3.85. The van der Waals surface area contributed by atoms with Gasteiger partial charge in [-0.05, 0) is 107 Å². The predicted octanol–water partition coefficient (Wildman–Crippen LogP) is 5.12. The molecule has 1 atom stereocenters. The van der Waals surface area contributed by atoms with E-state index in [0.717, 1.165) is 64.1 Å². The molecule has 2 aliphatic rings. The van der Waals surface area contributed by atoms with Crippen LogP contribution in [-0.2, 0) is 16.6 Å². The highest BCUT2D eigenvalue weighted by Crippen LogP contribution is 2.42. The topological polar surface area (TPSA) is 128 Å². The molecular weight excluding hydrogens is 602 g/mol. The number of rotatable bonds is 8. The molecule has 246 valence electrons. The highest BCUT2D eigenvalue weighted by atomic mass is 32.2. The Balaban J connectivity index is 1.14. The van der Waals surface area contributed by atoms with E-state index in [2.05, 4.69) is 19.9 Å². The highest BCUT2D eigenvalue weighted by molar-refractivity contribution is 7.89. The molecule has 2 aromatic heterocycles. The quantitative estimate of drug-likeness (QED) is 0.272. The lowest BCUT2D eigenvalue weighted by Gasteiger charge is -2.47. The molecule has 11 nitrogen and oxygen atoms in total. The van der Waals surface area contributed by atoms with Gasteiger partial charge in [0, 0.05) is 26.7 Å². The Morgan fingerprint density at radius 1 is 1.07 bits per heavy atom. The number of methoxy groups -OCH3 is 1. The normalized spacial score (nSPS) is 18.0. The fraction of sp³-hybridized carbons (Fsp3) is 0.500. The molecule has 4 heterocycles. The van der Waals surface area contributed by atoms with Gasteiger partial charge in [0.1, 0.15) is 11.6 Å². The first kappa shape index (κ1) is 32.2. The Morgan fingerprint density at radius 2 is 1.72 bits per heavy atom. The molecule has 0 radical (unpaired) electrons. The second-order valence-electron chi connectivity index (χ2n) is 13.1. The largest absolute Gasteiger partial charge is 0.497 e. The Kier molecular flexibility index (Phi) is 8.73. The van der Waals surface area contributed by atoms with Gasteiger partial charge in [0.2, 0.25) is 10.0 Å². The monoisotopic (exact) mass is 647 g/mol. The van der Waals surface area contributed by atoms with E-state index in [-0.39, 0.29) is 16.2 Å². The molecule has 46 heavy (non-hydrogen) atoms. The first-order valence-corrected chi connectivity index (χ1v) is 17.5. The van der Waals surface area contributed by atoms with Gasteiger partial charge in [-0.3, -0.25) is 9.69 Å². The summed E-state index contributed by atoms with van der Waals surface area (Å²) < 4.78 is 34.2. The van der Waals surface area contributed by atoms with Crippen LogP contribution in [0.4, 0.5) is 0 Å². The predicted molar refractivity (Wildman–Crippen MR) is 177 cm³/mol. The van der Waals surface area contributed by atoms with Crippen molar-refractivity contribution >= 4 is 27.0 Å². The van der Waals surface area contributed by atoms with Crippen LogP contribution in [0.15, 0.2) is 41.6 Å². The molecule has 6 rings (SSSR count). The number of hydrogen-bond donors (Lipinski definition) is 2. The molecular formula is C34H45N7O4S. The lowest BCUT2D eigenvalue weighted by atomic mass is 9.71. The van der Waals surface area contributed by atoms with Crippen LogP contribution in [0.3, 0.4) is 0 Å². The second-order valence-corrected chi connectivity index (χ2v) is 15.1. The van der Waals surface area contributed by atoms with E-state index in [4.69, 9.17) is 9.72 Å². The van der Waals surface area contributed by atoms with E-state index in [1.807, 2.05) is 30.0 Å². The standard InChI is InChI=1S/C34H45N7O4S/c1-22-18-26(45-6)19-23(2)31(22)46(43,44)39(5)25(4)32-37-28-9-7-8-27(30(28)38-32)33(42)41-16-12-34(13-17-41)10-14-40(15-11-34)20-29-24(3)35-21-36-29/h7-9,18-19,21,25H,10-17,20H2,1-6H3,(H,35,36)(H,37,38). The van der Waals surface area contributed by atoms with Gasteiger partial charge in [-0.2, -0.15) is 4.31 Å². The fourth-order valence-electron chi connectivity index (χ4n) is 7.20. The van der Waals surface area contributed by atoms with E-state index in [1.165, 1.54) is 10.00 Å². The summed E-state index contributed by atoms with van der Waals surface area (Å²) in [5.41, 5.74) is 5.63. The molecule has 2 saturated heterocycles. The van der Waals surface area contributed by atoms with Crippen molar-refractivity contribution in [3.8, 4) is 5.75 Å². The third-order valence-corrected chi connectivity index (χ3v) is 12.6. The van der Waals surface area contributed by atoms with E-state index in [0.29, 0.717) is 39.3 Å². The summed E-state index contributed by atoms with van der Waals surface area (Å²) in [5, 5.41) is 0. The lowest BCUT2D eigenvalue weighted by Crippen LogP contribution is -2.48. The minimum absolute atomic E-state index is 0.0130. The maximum absolute atomic E-state index is 13.9. The number of benzene rings is 2. The number of amides is 1. The first-order valence-electron chi connectivity index (χ1n) is 16.0. The minimum Gasteiger partial charge on any atom is -0.497 e. The number of nitrogens with zero attached hydrogens (tertiary/aromatic N) is 5. The number of fused-ring (bicyclic) bond motifs is 1. The molecule has 0 bridgehead atoms. The lowest BCUT2D eigenvalue weighted by molar-refractivity contribution is 0.0283. The number of ether oxygens (including phenoxy) is 1. The maximum atomic E-state index is 13.9. The molecule has 2 N–H and O–H groups in total. The van der Waals surface area contributed by atoms with Crippen LogP contribution in [-0.4, -0.2) is 88.7 Å². The fourth-order valence-corrected chi connectivity index (χ4v) is 8.93. The maximum Gasteiger partial charge on any atom is 0.256 e. The third-order valence-electron chi connectivity index (χ3n) is 10.4. The molecule has 0 saturated carbocycles. The number of sulfonamides is 1. The van der Waals surface area contributed by atoms with Crippen molar-refractivity contribution in [1.29, 1.82) is 0 Å². The van der Waals surface area contributed by atoms with Crippen LogP contribution in [0.5, 0.6) is 5.75 Å². The zero-order chi connectivity index (χ0) is 32.8. The van der Waals surface area contributed by atoms with E-state index >= 15 is 0 Å². The van der Waals surface area contributed by atoms with Gasteiger partial charge < -0.3 is 19.6 Å². The van der Waals surface area contributed by atoms with Crippen molar-refractivity contribution in [3.05, 3.63) is 70.6 Å². The average molecular weight is 648 g/mol. The first-order chi connectivity index (χ1) is 21.9. The van der Waals surface area contributed by atoms with E-state index in [9.17, 15) is 13.2 Å². The summed E-state index contributed by atoms with van der Waals surface area (Å²) in [6.45, 7) is 11.9. The molecule has 1 unspecified atom stereocenters. The van der Waals surface area contributed by atoms with Gasteiger partial charge >= 0.3 is 0 Å². The Bertz CT molecular complexity index is 1820. The van der Waals surface area contributed by atoms with Crippen LogP contribution >= 0.6 is 0 Å². The summed E-state index contributed by atoms with van der Waals surface area (Å²) in [6, 6.07) is 8.40. The van der Waals surface area contributed by atoms with E-state index < -0.39 is 16.1 Å². The van der Waals surface area contributed by atoms with Crippen LogP contribution in [0, 0.1) is 26.2 Å². The average Bonchev–Trinajstić information content (AvgIpc) is 3.66. The molecule has 1 amide bonds. The van der Waals surface area contributed by atoms with Gasteiger partial charge in [0.05, 0.1) is 52.4 Å². The van der Waals surface area contributed by atoms with Crippen LogP contribution in [0.25, 0.3) is 11.0 Å². The van der Waals surface area contributed by atoms with Crippen molar-refractivity contribution in [2.24, 2.45) is 5.41 Å². The molecule has 12 heteroatoms. The van der Waals surface area contributed by atoms with Gasteiger partial charge in [0.15, 0.2) is 0 Å². The number of para-hydroxylation sites is 1. The van der Waals surface area contributed by atoms with Crippen molar-refractivity contribution in [3.63, 3.8) is 0 Å². The second kappa shape index (κ2) is 12.5. The molecule has 1 spiro atoms. The van der Waals surface area contributed by atoms with Crippen LogP contribution in [0.1, 0.15) is 77.3 Å². The number of hydrogen-bond acceptors (Lipinski definition) is 7. The van der Waals surface area contributed by atoms with Gasteiger partial charge in [-0.25, -0.2) is 18.4 Å². The Labute approximate surface area is 271 Å². The summed E-state index contributed by atoms with van der Waals surface area (Å²) in [6.07, 6.45) is 6.06. The molecule has 2 fully saturated rings. The molecule has 2 aromatic carbocycles. The number of imidazole rings is 2. The molecule has 4 aromatic rings. The van der Waals surface area contributed by atoms with Gasteiger partial charge in [-0.15, -0.1) is 0 Å². The number of nitrogens with one attached hydrogen (secondary N) is 2. The van der Waals surface area contributed by atoms with Crippen molar-refractivity contribution < 1.29 is 17.9 Å². The molecule has 0 aliphatic carbocycles. The zero-order valence-corrected chi connectivity index (χ0v) is 28.5. The number of H-pyrrole nitrogens is 2. The number of aryl methyl sites for hydroxylation is 3. The summed E-state index contributed by atoms with van der Waals surface area (Å²) in [5.74, 6) is 1.09. The number of carbonyl (C=O) groups is 1. The SMILES string of the molecule is COc1cc(C)c(S(=O)(=O)N(C)C(C)c2nc3cccc(C(=O)N4CCC5(CCN(Cc6[nH]cnc6C)CC5)CC4)c3[nH]2)c(C)c1. The Morgan fingerprint density at radius 3 is 2.33 bits per heavy atom. The third kappa shape index (κ3) is 5.93. The van der Waals surface area contributed by atoms with Crippen LogP contribution < -0.4 is 4.74 Å². The number of aromatic amines is 2. The van der Waals surface area contributed by atoms with Gasteiger partial charge in [-0.1, -0.05) is 6.07 Å². The molecule has 2 aliphatic heterocycles. The van der Waals surface area contributed by atoms with Gasteiger partial charge in [0.25, 0.3) is 5.91 Å². The number of carbonyl (C=O) groups excluding carboxylic acids is 1.